The molecule has 0 aromatic heterocycles. The lowest BCUT2D eigenvalue weighted by Gasteiger charge is -2.34. The summed E-state index contributed by atoms with van der Waals surface area (Å²) >= 11 is 0. The van der Waals surface area contributed by atoms with E-state index in [-0.39, 0.29) is 12.1 Å². The van der Waals surface area contributed by atoms with Crippen molar-refractivity contribution in [3.63, 3.8) is 0 Å². The summed E-state index contributed by atoms with van der Waals surface area (Å²) in [7, 11) is 0. The van der Waals surface area contributed by atoms with Crippen LogP contribution in [0.1, 0.15) is 52.4 Å². The molecule has 2 fully saturated rings. The normalized spacial score (nSPS) is 40.6. The van der Waals surface area contributed by atoms with E-state index in [1.165, 1.54) is 25.7 Å². The number of hydrogen-bond donors (Lipinski definition) is 2. The zero-order valence-electron chi connectivity index (χ0n) is 10.5. The Kier molecular flexibility index (Phi) is 3.98. The second kappa shape index (κ2) is 5.28. The van der Waals surface area contributed by atoms with Crippen molar-refractivity contribution in [1.29, 1.82) is 0 Å². The van der Waals surface area contributed by atoms with Crippen molar-refractivity contribution in [3.8, 4) is 0 Å². The van der Waals surface area contributed by atoms with E-state index in [0.717, 1.165) is 12.8 Å². The van der Waals surface area contributed by atoms with Crippen molar-refractivity contribution >= 4 is 5.78 Å². The molecule has 0 bridgehead atoms. The molecule has 0 amide bonds. The standard InChI is InChI=1S/C13H24N2O/c1-9-5-3-7-11(14-9)13(16)12-8-4-6-10(2)15-12/h9-12,14-15H,3-8H2,1-2H3. The first-order valence-electron chi connectivity index (χ1n) is 6.72. The van der Waals surface area contributed by atoms with Crippen LogP contribution in [0.4, 0.5) is 0 Å². The first-order valence-corrected chi connectivity index (χ1v) is 6.72. The van der Waals surface area contributed by atoms with Crippen LogP contribution in [0.25, 0.3) is 0 Å². The van der Waals surface area contributed by atoms with Crippen molar-refractivity contribution in [3.05, 3.63) is 0 Å². The molecule has 2 rings (SSSR count). The molecule has 0 aromatic rings. The molecule has 92 valence electrons. The van der Waals surface area contributed by atoms with E-state index in [1.54, 1.807) is 0 Å². The molecule has 16 heavy (non-hydrogen) atoms. The molecule has 2 N–H and O–H groups in total. The number of nitrogens with one attached hydrogen (secondary N) is 2. The van der Waals surface area contributed by atoms with Crippen LogP contribution < -0.4 is 10.6 Å². The van der Waals surface area contributed by atoms with Gasteiger partial charge in [-0.05, 0) is 52.4 Å². The van der Waals surface area contributed by atoms with Gasteiger partial charge in [-0.15, -0.1) is 0 Å². The van der Waals surface area contributed by atoms with Crippen molar-refractivity contribution in [2.24, 2.45) is 0 Å². The van der Waals surface area contributed by atoms with Crippen molar-refractivity contribution in [2.45, 2.75) is 76.5 Å². The Morgan fingerprint density at radius 3 is 1.69 bits per heavy atom. The maximum Gasteiger partial charge on any atom is 0.166 e. The summed E-state index contributed by atoms with van der Waals surface area (Å²) in [6, 6.07) is 1.21. The van der Waals surface area contributed by atoms with Gasteiger partial charge in [0.25, 0.3) is 0 Å². The Morgan fingerprint density at radius 1 is 0.875 bits per heavy atom. The Morgan fingerprint density at radius 2 is 1.31 bits per heavy atom. The third-order valence-electron chi connectivity index (χ3n) is 3.92. The number of hydrogen-bond acceptors (Lipinski definition) is 3. The second-order valence-electron chi connectivity index (χ2n) is 5.50. The van der Waals surface area contributed by atoms with E-state index < -0.39 is 0 Å². The number of carbonyl (C=O) groups is 1. The Bertz CT molecular complexity index is 230. The smallest absolute Gasteiger partial charge is 0.166 e. The highest BCUT2D eigenvalue weighted by molar-refractivity contribution is 5.89. The lowest BCUT2D eigenvalue weighted by atomic mass is 9.89. The molecular formula is C13H24N2O. The van der Waals surface area contributed by atoms with Crippen LogP contribution in [0.15, 0.2) is 0 Å². The van der Waals surface area contributed by atoms with Gasteiger partial charge in [-0.2, -0.15) is 0 Å². The van der Waals surface area contributed by atoms with Crippen LogP contribution in [0.5, 0.6) is 0 Å². The minimum atomic E-state index is 0.103. The van der Waals surface area contributed by atoms with Crippen molar-refractivity contribution < 1.29 is 4.79 Å². The molecule has 2 heterocycles. The summed E-state index contributed by atoms with van der Waals surface area (Å²) in [5, 5.41) is 6.88. The predicted molar refractivity (Wildman–Crippen MR) is 65.5 cm³/mol. The molecule has 0 spiro atoms. The highest BCUT2D eigenvalue weighted by Gasteiger charge is 2.31. The fourth-order valence-electron chi connectivity index (χ4n) is 2.97. The minimum absolute atomic E-state index is 0.103. The minimum Gasteiger partial charge on any atom is -0.305 e. The fourth-order valence-corrected chi connectivity index (χ4v) is 2.97. The van der Waals surface area contributed by atoms with Crippen molar-refractivity contribution in [2.75, 3.05) is 0 Å². The molecular weight excluding hydrogens is 200 g/mol. The first-order chi connectivity index (χ1) is 7.66. The number of carbonyl (C=O) groups excluding carboxylic acids is 1. The molecule has 0 saturated carbocycles. The van der Waals surface area contributed by atoms with E-state index >= 15 is 0 Å². The summed E-state index contributed by atoms with van der Waals surface area (Å²) in [6.45, 7) is 4.35. The lowest BCUT2D eigenvalue weighted by molar-refractivity contribution is -0.124. The molecule has 0 aliphatic carbocycles. The predicted octanol–water partition coefficient (Wildman–Crippen LogP) is 1.62. The van der Waals surface area contributed by atoms with E-state index in [4.69, 9.17) is 0 Å². The monoisotopic (exact) mass is 224 g/mol. The fraction of sp³-hybridized carbons (Fsp3) is 0.923. The third kappa shape index (κ3) is 2.83. The maximum atomic E-state index is 12.3. The SMILES string of the molecule is CC1CCCC(C(=O)C2CCCC(C)N2)N1. The van der Waals surface area contributed by atoms with Gasteiger partial charge in [0.1, 0.15) is 0 Å². The van der Waals surface area contributed by atoms with Gasteiger partial charge in [0.2, 0.25) is 0 Å². The average molecular weight is 224 g/mol. The van der Waals surface area contributed by atoms with Gasteiger partial charge < -0.3 is 10.6 Å². The highest BCUT2D eigenvalue weighted by Crippen LogP contribution is 2.18. The van der Waals surface area contributed by atoms with E-state index in [1.807, 2.05) is 0 Å². The van der Waals surface area contributed by atoms with Crippen LogP contribution in [0.3, 0.4) is 0 Å². The van der Waals surface area contributed by atoms with E-state index in [0.29, 0.717) is 17.9 Å². The molecule has 0 radical (unpaired) electrons. The summed E-state index contributed by atoms with van der Waals surface area (Å²) in [5.74, 6) is 0.401. The third-order valence-corrected chi connectivity index (χ3v) is 3.92. The van der Waals surface area contributed by atoms with Gasteiger partial charge in [0, 0.05) is 12.1 Å². The van der Waals surface area contributed by atoms with Crippen LogP contribution in [0.2, 0.25) is 0 Å². The Labute approximate surface area is 98.4 Å². The Hall–Kier alpha value is -0.410. The molecule has 0 aromatic carbocycles. The van der Waals surface area contributed by atoms with Crippen molar-refractivity contribution in [1.82, 2.24) is 10.6 Å². The zero-order valence-corrected chi connectivity index (χ0v) is 10.5. The van der Waals surface area contributed by atoms with Gasteiger partial charge in [-0.1, -0.05) is 0 Å². The quantitative estimate of drug-likeness (QED) is 0.749. The van der Waals surface area contributed by atoms with Crippen LogP contribution >= 0.6 is 0 Å². The topological polar surface area (TPSA) is 41.1 Å². The lowest BCUT2D eigenvalue weighted by Crippen LogP contribution is -2.55. The summed E-state index contributed by atoms with van der Waals surface area (Å²) < 4.78 is 0. The van der Waals surface area contributed by atoms with Gasteiger partial charge in [-0.3, -0.25) is 4.79 Å². The van der Waals surface area contributed by atoms with Gasteiger partial charge in [0.15, 0.2) is 5.78 Å². The number of piperidine rings is 2. The van der Waals surface area contributed by atoms with Crippen LogP contribution in [-0.2, 0) is 4.79 Å². The second-order valence-corrected chi connectivity index (χ2v) is 5.50. The zero-order chi connectivity index (χ0) is 11.5. The molecule has 4 unspecified atom stereocenters. The van der Waals surface area contributed by atoms with Crippen LogP contribution in [-0.4, -0.2) is 30.0 Å². The summed E-state index contributed by atoms with van der Waals surface area (Å²) in [4.78, 5) is 12.3. The molecule has 2 aliphatic heterocycles. The number of rotatable bonds is 2. The highest BCUT2D eigenvalue weighted by atomic mass is 16.1. The van der Waals surface area contributed by atoms with E-state index in [9.17, 15) is 4.79 Å². The first kappa shape index (κ1) is 12.1. The maximum absolute atomic E-state index is 12.3. The summed E-state index contributed by atoms with van der Waals surface area (Å²) in [6.07, 6.45) is 6.84. The van der Waals surface area contributed by atoms with Gasteiger partial charge in [0.05, 0.1) is 12.1 Å². The number of Topliss-reactive ketones (excluding diaryl/α,β-unsaturated/α-hetero) is 1. The average Bonchev–Trinajstić information content (AvgIpc) is 2.28. The molecule has 2 saturated heterocycles. The molecule has 3 nitrogen and oxygen atoms in total. The molecule has 2 aliphatic rings. The van der Waals surface area contributed by atoms with Crippen LogP contribution in [0, 0.1) is 0 Å². The largest absolute Gasteiger partial charge is 0.305 e. The Balaban J connectivity index is 1.90. The number of ketones is 1. The van der Waals surface area contributed by atoms with Gasteiger partial charge >= 0.3 is 0 Å². The molecule has 3 heteroatoms. The van der Waals surface area contributed by atoms with Gasteiger partial charge in [-0.25, -0.2) is 0 Å². The van der Waals surface area contributed by atoms with E-state index in [2.05, 4.69) is 24.5 Å². The molecule has 4 atom stereocenters. The summed E-state index contributed by atoms with van der Waals surface area (Å²) in [5.41, 5.74) is 0.